The SMILES string of the molecule is Cc1ccc(C(C)(N)c2cc(F)cc(F)c2)c(F)c1F. The smallest absolute Gasteiger partial charge is 0.164 e. The van der Waals surface area contributed by atoms with Crippen LogP contribution in [0.3, 0.4) is 0 Å². The summed E-state index contributed by atoms with van der Waals surface area (Å²) in [7, 11) is 0. The first-order chi connectivity index (χ1) is 9.23. The van der Waals surface area contributed by atoms with E-state index in [1.807, 2.05) is 0 Å². The van der Waals surface area contributed by atoms with Crippen molar-refractivity contribution >= 4 is 0 Å². The molecule has 0 aliphatic rings. The molecule has 0 aromatic heterocycles. The molecule has 0 fully saturated rings. The van der Waals surface area contributed by atoms with Gasteiger partial charge >= 0.3 is 0 Å². The van der Waals surface area contributed by atoms with Crippen LogP contribution in [-0.4, -0.2) is 0 Å². The van der Waals surface area contributed by atoms with Crippen LogP contribution in [0.25, 0.3) is 0 Å². The second-order valence-corrected chi connectivity index (χ2v) is 4.92. The van der Waals surface area contributed by atoms with Gasteiger partial charge in [-0.1, -0.05) is 12.1 Å². The topological polar surface area (TPSA) is 26.0 Å². The summed E-state index contributed by atoms with van der Waals surface area (Å²) in [4.78, 5) is 0. The van der Waals surface area contributed by atoms with Crippen molar-refractivity contribution < 1.29 is 17.6 Å². The van der Waals surface area contributed by atoms with Gasteiger partial charge in [0.2, 0.25) is 0 Å². The molecule has 0 aliphatic heterocycles. The Morgan fingerprint density at radius 1 is 0.900 bits per heavy atom. The van der Waals surface area contributed by atoms with Crippen LogP contribution in [0.4, 0.5) is 17.6 Å². The molecule has 0 amide bonds. The highest BCUT2D eigenvalue weighted by Crippen LogP contribution is 2.31. The van der Waals surface area contributed by atoms with Crippen molar-refractivity contribution in [3.8, 4) is 0 Å². The molecule has 2 rings (SSSR count). The number of hydrogen-bond donors (Lipinski definition) is 1. The maximum absolute atomic E-state index is 14.0. The standard InChI is InChI=1S/C15H13F4N/c1-8-3-4-12(14(19)13(8)18)15(2,20)9-5-10(16)7-11(17)6-9/h3-7H,20H2,1-2H3. The van der Waals surface area contributed by atoms with Gasteiger partial charge in [-0.25, -0.2) is 17.6 Å². The third-order valence-electron chi connectivity index (χ3n) is 3.30. The maximum Gasteiger partial charge on any atom is 0.164 e. The van der Waals surface area contributed by atoms with Gasteiger partial charge < -0.3 is 5.73 Å². The molecule has 2 aromatic rings. The first-order valence-corrected chi connectivity index (χ1v) is 5.94. The molecule has 1 nitrogen and oxygen atoms in total. The zero-order valence-corrected chi connectivity index (χ0v) is 11.0. The van der Waals surface area contributed by atoms with E-state index < -0.39 is 28.8 Å². The van der Waals surface area contributed by atoms with E-state index in [4.69, 9.17) is 5.73 Å². The Morgan fingerprint density at radius 3 is 2.00 bits per heavy atom. The third-order valence-corrected chi connectivity index (χ3v) is 3.30. The Labute approximate surface area is 114 Å². The Kier molecular flexibility index (Phi) is 3.56. The van der Waals surface area contributed by atoms with Crippen LogP contribution >= 0.6 is 0 Å². The molecule has 0 radical (unpaired) electrons. The molecule has 0 aliphatic carbocycles. The summed E-state index contributed by atoms with van der Waals surface area (Å²) < 4.78 is 54.1. The predicted octanol–water partition coefficient (Wildman–Crippen LogP) is 3.77. The van der Waals surface area contributed by atoms with Crippen molar-refractivity contribution in [3.05, 3.63) is 70.3 Å². The van der Waals surface area contributed by atoms with Crippen LogP contribution in [-0.2, 0) is 5.54 Å². The van der Waals surface area contributed by atoms with Crippen LogP contribution in [0.1, 0.15) is 23.6 Å². The lowest BCUT2D eigenvalue weighted by molar-refractivity contribution is 0.462. The minimum absolute atomic E-state index is 0.0251. The minimum atomic E-state index is -1.55. The fourth-order valence-electron chi connectivity index (χ4n) is 2.06. The lowest BCUT2D eigenvalue weighted by atomic mass is 9.84. The number of halogens is 4. The van der Waals surface area contributed by atoms with Gasteiger partial charge in [0.25, 0.3) is 0 Å². The van der Waals surface area contributed by atoms with Crippen molar-refractivity contribution in [2.24, 2.45) is 5.73 Å². The average molecular weight is 283 g/mol. The molecule has 5 heteroatoms. The van der Waals surface area contributed by atoms with E-state index >= 15 is 0 Å². The molecule has 0 spiro atoms. The summed E-state index contributed by atoms with van der Waals surface area (Å²) in [6.07, 6.45) is 0. The quantitative estimate of drug-likeness (QED) is 0.834. The number of nitrogens with two attached hydrogens (primary N) is 1. The normalized spacial score (nSPS) is 14.2. The van der Waals surface area contributed by atoms with Gasteiger partial charge in [0.1, 0.15) is 11.6 Å². The lowest BCUT2D eigenvalue weighted by Gasteiger charge is -2.27. The number of benzene rings is 2. The van der Waals surface area contributed by atoms with Gasteiger partial charge in [-0.15, -0.1) is 0 Å². The number of rotatable bonds is 2. The van der Waals surface area contributed by atoms with E-state index in [-0.39, 0.29) is 16.7 Å². The Bertz CT molecular complexity index is 645. The molecule has 0 saturated heterocycles. The molecule has 0 saturated carbocycles. The van der Waals surface area contributed by atoms with Crippen LogP contribution in [0.2, 0.25) is 0 Å². The molecule has 2 aromatic carbocycles. The number of aryl methyl sites for hydroxylation is 1. The van der Waals surface area contributed by atoms with Crippen molar-refractivity contribution in [2.45, 2.75) is 19.4 Å². The maximum atomic E-state index is 14.0. The molecule has 1 unspecified atom stereocenters. The van der Waals surface area contributed by atoms with E-state index in [9.17, 15) is 17.6 Å². The molecule has 1 atom stereocenters. The van der Waals surface area contributed by atoms with Crippen LogP contribution in [0, 0.1) is 30.2 Å². The average Bonchev–Trinajstić information content (AvgIpc) is 2.34. The van der Waals surface area contributed by atoms with Crippen LogP contribution < -0.4 is 5.73 Å². The van der Waals surface area contributed by atoms with E-state index in [2.05, 4.69) is 0 Å². The first kappa shape index (κ1) is 14.5. The molecule has 0 heterocycles. The highest BCUT2D eigenvalue weighted by molar-refractivity contribution is 5.40. The van der Waals surface area contributed by atoms with Crippen LogP contribution in [0.5, 0.6) is 0 Å². The molecular formula is C15H13F4N. The Hall–Kier alpha value is -1.88. The largest absolute Gasteiger partial charge is 0.318 e. The highest BCUT2D eigenvalue weighted by Gasteiger charge is 2.30. The monoisotopic (exact) mass is 283 g/mol. The highest BCUT2D eigenvalue weighted by atomic mass is 19.2. The molecule has 20 heavy (non-hydrogen) atoms. The Balaban J connectivity index is 2.63. The Morgan fingerprint density at radius 2 is 1.45 bits per heavy atom. The van der Waals surface area contributed by atoms with Gasteiger partial charge in [-0.2, -0.15) is 0 Å². The minimum Gasteiger partial charge on any atom is -0.318 e. The van der Waals surface area contributed by atoms with Crippen molar-refractivity contribution in [2.75, 3.05) is 0 Å². The zero-order chi connectivity index (χ0) is 15.1. The van der Waals surface area contributed by atoms with Crippen LogP contribution in [0.15, 0.2) is 30.3 Å². The second kappa shape index (κ2) is 4.90. The molecule has 0 bridgehead atoms. The van der Waals surface area contributed by atoms with Gasteiger partial charge in [0.15, 0.2) is 11.6 Å². The summed E-state index contributed by atoms with van der Waals surface area (Å²) >= 11 is 0. The number of hydrogen-bond acceptors (Lipinski definition) is 1. The lowest BCUT2D eigenvalue weighted by Crippen LogP contribution is -2.36. The summed E-state index contributed by atoms with van der Waals surface area (Å²) in [5.74, 6) is -3.79. The van der Waals surface area contributed by atoms with Crippen molar-refractivity contribution in [1.29, 1.82) is 0 Å². The summed E-state index contributed by atoms with van der Waals surface area (Å²) in [5.41, 5.74) is 4.42. The van der Waals surface area contributed by atoms with Crippen molar-refractivity contribution in [1.82, 2.24) is 0 Å². The fourth-order valence-corrected chi connectivity index (χ4v) is 2.06. The van der Waals surface area contributed by atoms with Gasteiger partial charge in [-0.05, 0) is 37.1 Å². The summed E-state index contributed by atoms with van der Waals surface area (Å²) in [6.45, 7) is 2.78. The van der Waals surface area contributed by atoms with E-state index in [0.29, 0.717) is 6.07 Å². The van der Waals surface area contributed by atoms with Gasteiger partial charge in [-0.3, -0.25) is 0 Å². The van der Waals surface area contributed by atoms with E-state index in [1.54, 1.807) is 0 Å². The predicted molar refractivity (Wildman–Crippen MR) is 68.1 cm³/mol. The molecular weight excluding hydrogens is 270 g/mol. The fraction of sp³-hybridized carbons (Fsp3) is 0.200. The summed E-state index contributed by atoms with van der Waals surface area (Å²) in [5, 5.41) is 0. The van der Waals surface area contributed by atoms with Crippen molar-refractivity contribution in [3.63, 3.8) is 0 Å². The van der Waals surface area contributed by atoms with Gasteiger partial charge in [0.05, 0.1) is 5.54 Å². The molecule has 2 N–H and O–H groups in total. The van der Waals surface area contributed by atoms with E-state index in [1.165, 1.54) is 26.0 Å². The zero-order valence-electron chi connectivity index (χ0n) is 11.0. The molecule has 106 valence electrons. The third kappa shape index (κ3) is 2.41. The van der Waals surface area contributed by atoms with Gasteiger partial charge in [0, 0.05) is 11.6 Å². The first-order valence-electron chi connectivity index (χ1n) is 5.94. The van der Waals surface area contributed by atoms with E-state index in [0.717, 1.165) is 12.1 Å². The summed E-state index contributed by atoms with van der Waals surface area (Å²) in [6, 6.07) is 5.37. The second-order valence-electron chi connectivity index (χ2n) is 4.92.